The molecule has 5 rings (SSSR count). The summed E-state index contributed by atoms with van der Waals surface area (Å²) in [5, 5.41) is 13.3. The van der Waals surface area contributed by atoms with Gasteiger partial charge in [-0.25, -0.2) is 4.98 Å². The van der Waals surface area contributed by atoms with E-state index in [2.05, 4.69) is 17.2 Å². The van der Waals surface area contributed by atoms with Crippen LogP contribution in [0.1, 0.15) is 46.4 Å². The average Bonchev–Trinajstić information content (AvgIpc) is 3.38. The minimum Gasteiger partial charge on any atom is -0.392 e. The fourth-order valence-electron chi connectivity index (χ4n) is 4.47. The number of nitrogens with zero attached hydrogens (tertiary/aromatic N) is 2. The molecule has 0 saturated carbocycles. The number of thioether (sulfide) groups is 1. The third kappa shape index (κ3) is 6.00. The van der Waals surface area contributed by atoms with E-state index in [1.807, 2.05) is 84.5 Å². The minimum atomic E-state index is -0.570. The molecule has 0 spiro atoms. The molecule has 4 atom stereocenters. The van der Waals surface area contributed by atoms with Gasteiger partial charge < -0.3 is 24.5 Å². The molecule has 0 unspecified atom stereocenters. The van der Waals surface area contributed by atoms with Crippen molar-refractivity contribution >= 4 is 23.4 Å². The maximum atomic E-state index is 12.5. The lowest BCUT2D eigenvalue weighted by Crippen LogP contribution is -2.38. The van der Waals surface area contributed by atoms with E-state index in [0.717, 1.165) is 27.6 Å². The van der Waals surface area contributed by atoms with Gasteiger partial charge in [-0.05, 0) is 35.4 Å². The number of carbonyl (C=O) groups is 1. The van der Waals surface area contributed by atoms with Crippen LogP contribution < -0.4 is 5.32 Å². The second-order valence-electron chi connectivity index (χ2n) is 9.40. The Morgan fingerprint density at radius 3 is 2.37 bits per heavy atom. The molecule has 1 aromatic heterocycles. The fourth-order valence-corrected chi connectivity index (χ4v) is 5.57. The molecule has 0 radical (unpaired) electrons. The normalized spacial score (nSPS) is 21.2. The van der Waals surface area contributed by atoms with E-state index in [-0.39, 0.29) is 30.6 Å². The maximum Gasteiger partial charge on any atom is 0.255 e. The Morgan fingerprint density at radius 2 is 1.71 bits per heavy atom. The van der Waals surface area contributed by atoms with Crippen molar-refractivity contribution in [3.05, 3.63) is 114 Å². The zero-order valence-corrected chi connectivity index (χ0v) is 22.2. The van der Waals surface area contributed by atoms with Crippen molar-refractivity contribution < 1.29 is 19.4 Å². The van der Waals surface area contributed by atoms with Crippen LogP contribution in [0.25, 0.3) is 0 Å². The molecule has 8 heteroatoms. The number of anilines is 1. The van der Waals surface area contributed by atoms with Gasteiger partial charge in [0.25, 0.3) is 5.91 Å². The predicted octanol–water partition coefficient (Wildman–Crippen LogP) is 5.75. The highest BCUT2D eigenvalue weighted by molar-refractivity contribution is 7.99. The van der Waals surface area contributed by atoms with Crippen LogP contribution in [0, 0.1) is 5.92 Å². The number of nitrogens with one attached hydrogen (secondary N) is 1. The number of aliphatic hydroxyl groups is 1. The summed E-state index contributed by atoms with van der Waals surface area (Å²) >= 11 is 1.66. The number of aromatic nitrogens is 2. The van der Waals surface area contributed by atoms with Crippen LogP contribution in [-0.2, 0) is 23.1 Å². The zero-order chi connectivity index (χ0) is 26.5. The van der Waals surface area contributed by atoms with Gasteiger partial charge in [0.05, 0.1) is 18.8 Å². The maximum absolute atomic E-state index is 12.5. The van der Waals surface area contributed by atoms with Gasteiger partial charge in [-0.1, -0.05) is 73.3 Å². The Labute approximate surface area is 226 Å². The van der Waals surface area contributed by atoms with Crippen LogP contribution >= 0.6 is 11.8 Å². The molecular formula is C30H31N3O4S. The van der Waals surface area contributed by atoms with Crippen LogP contribution in [0.2, 0.25) is 0 Å². The first-order chi connectivity index (χ1) is 18.5. The standard InChI is InChI=1S/C30H31N3O4S/c1-20-26(19-38-30-31-16-17-33(30)2)36-29(37-27(20)22-10-8-21(18-34)9-11-22)24-12-14-25(15-13-24)32-28(35)23-6-4-3-5-7-23/h3-17,20,26-27,29,34H,18-19H2,1-2H3,(H,32,35)/t20-,26+,27+,29+/m1/s1. The summed E-state index contributed by atoms with van der Waals surface area (Å²) in [7, 11) is 1.98. The number of imidazole rings is 1. The van der Waals surface area contributed by atoms with Crippen molar-refractivity contribution in [2.45, 2.75) is 37.2 Å². The van der Waals surface area contributed by atoms with E-state index in [9.17, 15) is 9.90 Å². The lowest BCUT2D eigenvalue weighted by molar-refractivity contribution is -0.268. The first kappa shape index (κ1) is 26.2. The smallest absolute Gasteiger partial charge is 0.255 e. The third-order valence-corrected chi connectivity index (χ3v) is 7.90. The summed E-state index contributed by atoms with van der Waals surface area (Å²) in [6.07, 6.45) is 2.88. The molecule has 2 N–H and O–H groups in total. The molecule has 2 heterocycles. The molecule has 38 heavy (non-hydrogen) atoms. The molecule has 1 aliphatic rings. The number of hydrogen-bond donors (Lipinski definition) is 2. The summed E-state index contributed by atoms with van der Waals surface area (Å²) in [5.74, 6) is 0.654. The van der Waals surface area contributed by atoms with Crippen LogP contribution in [-0.4, -0.2) is 32.4 Å². The summed E-state index contributed by atoms with van der Waals surface area (Å²) in [4.78, 5) is 17.0. The minimum absolute atomic E-state index is 0.00316. The van der Waals surface area contributed by atoms with Crippen molar-refractivity contribution in [2.24, 2.45) is 13.0 Å². The van der Waals surface area contributed by atoms with Crippen molar-refractivity contribution in [1.29, 1.82) is 0 Å². The van der Waals surface area contributed by atoms with E-state index < -0.39 is 6.29 Å². The molecule has 0 aliphatic carbocycles. The molecule has 1 fully saturated rings. The number of aliphatic hydroxyl groups excluding tert-OH is 1. The highest BCUT2D eigenvalue weighted by Gasteiger charge is 2.38. The monoisotopic (exact) mass is 529 g/mol. The fraction of sp³-hybridized carbons (Fsp3) is 0.267. The van der Waals surface area contributed by atoms with E-state index >= 15 is 0 Å². The molecular weight excluding hydrogens is 498 g/mol. The molecule has 196 valence electrons. The van der Waals surface area contributed by atoms with Crippen LogP contribution in [0.4, 0.5) is 5.69 Å². The van der Waals surface area contributed by atoms with Gasteiger partial charge in [-0.2, -0.15) is 0 Å². The summed E-state index contributed by atoms with van der Waals surface area (Å²) in [6.45, 7) is 2.15. The number of benzene rings is 3. The predicted molar refractivity (Wildman–Crippen MR) is 148 cm³/mol. The lowest BCUT2D eigenvalue weighted by atomic mass is 9.91. The van der Waals surface area contributed by atoms with Crippen LogP contribution in [0.3, 0.4) is 0 Å². The third-order valence-electron chi connectivity index (χ3n) is 6.75. The largest absolute Gasteiger partial charge is 0.392 e. The Morgan fingerprint density at radius 1 is 1.00 bits per heavy atom. The Kier molecular flexibility index (Phi) is 8.24. The van der Waals surface area contributed by atoms with Crippen molar-refractivity contribution in [3.8, 4) is 0 Å². The second-order valence-corrected chi connectivity index (χ2v) is 10.4. The lowest BCUT2D eigenvalue weighted by Gasteiger charge is -2.41. The SMILES string of the molecule is C[C@@H]1[C@H](CSc2nccn2C)O[C@H](c2ccc(NC(=O)c3ccccc3)cc2)O[C@@H]1c1ccc(CO)cc1. The molecule has 3 aromatic carbocycles. The van der Waals surface area contributed by atoms with Gasteiger partial charge in [0.2, 0.25) is 0 Å². The number of hydrogen-bond acceptors (Lipinski definition) is 6. The second kappa shape index (κ2) is 12.0. The summed E-state index contributed by atoms with van der Waals surface area (Å²) in [6, 6.07) is 24.6. The zero-order valence-electron chi connectivity index (χ0n) is 21.4. The van der Waals surface area contributed by atoms with E-state index in [4.69, 9.17) is 9.47 Å². The first-order valence-electron chi connectivity index (χ1n) is 12.6. The highest BCUT2D eigenvalue weighted by atomic mass is 32.2. The van der Waals surface area contributed by atoms with Crippen LogP contribution in [0.5, 0.6) is 0 Å². The molecule has 0 bridgehead atoms. The number of aryl methyl sites for hydroxylation is 1. The Bertz CT molecular complexity index is 1340. The van der Waals surface area contributed by atoms with Gasteiger partial charge in [-0.3, -0.25) is 4.79 Å². The molecule has 7 nitrogen and oxygen atoms in total. The van der Waals surface area contributed by atoms with E-state index in [1.54, 1.807) is 30.1 Å². The molecule has 1 aliphatic heterocycles. The molecule has 1 amide bonds. The Hall–Kier alpha value is -3.43. The van der Waals surface area contributed by atoms with Gasteiger partial charge in [-0.15, -0.1) is 0 Å². The highest BCUT2D eigenvalue weighted by Crippen LogP contribution is 2.43. The number of carbonyl (C=O) groups excluding carboxylic acids is 1. The van der Waals surface area contributed by atoms with Crippen LogP contribution in [0.15, 0.2) is 96.4 Å². The number of amides is 1. The number of ether oxygens (including phenoxy) is 2. The first-order valence-corrected chi connectivity index (χ1v) is 13.6. The molecule has 4 aromatic rings. The summed E-state index contributed by atoms with van der Waals surface area (Å²) < 4.78 is 15.0. The van der Waals surface area contributed by atoms with Crippen molar-refractivity contribution in [1.82, 2.24) is 9.55 Å². The van der Waals surface area contributed by atoms with E-state index in [1.165, 1.54) is 0 Å². The Balaban J connectivity index is 1.34. The van der Waals surface area contributed by atoms with Gasteiger partial charge in [0, 0.05) is 47.9 Å². The summed E-state index contributed by atoms with van der Waals surface area (Å²) in [5.41, 5.74) is 4.08. The van der Waals surface area contributed by atoms with Gasteiger partial charge >= 0.3 is 0 Å². The topological polar surface area (TPSA) is 85.6 Å². The van der Waals surface area contributed by atoms with Gasteiger partial charge in [0.1, 0.15) is 0 Å². The average molecular weight is 530 g/mol. The molecule has 1 saturated heterocycles. The van der Waals surface area contributed by atoms with Crippen molar-refractivity contribution in [3.63, 3.8) is 0 Å². The van der Waals surface area contributed by atoms with Gasteiger partial charge in [0.15, 0.2) is 11.4 Å². The van der Waals surface area contributed by atoms with Crippen molar-refractivity contribution in [2.75, 3.05) is 11.1 Å². The number of rotatable bonds is 8. The van der Waals surface area contributed by atoms with E-state index in [0.29, 0.717) is 11.3 Å². The quantitative estimate of drug-likeness (QED) is 0.283.